The van der Waals surface area contributed by atoms with Gasteiger partial charge >= 0.3 is 0 Å². The van der Waals surface area contributed by atoms with Gasteiger partial charge in [0.15, 0.2) is 0 Å². The molecule has 0 heterocycles. The number of aliphatic hydroxyl groups excluding tert-OH is 1. The average molecular weight is 261 g/mol. The zero-order valence-electron chi connectivity index (χ0n) is 12.1. The second kappa shape index (κ2) is 7.54. The predicted molar refractivity (Wildman–Crippen MR) is 81.5 cm³/mol. The second-order valence-electron chi connectivity index (χ2n) is 5.80. The first-order chi connectivity index (χ1) is 9.31. The zero-order chi connectivity index (χ0) is 13.5. The molecule has 19 heavy (non-hydrogen) atoms. The normalized spacial score (nSPS) is 23.3. The summed E-state index contributed by atoms with van der Waals surface area (Å²) in [5.74, 6) is 0.953. The minimum Gasteiger partial charge on any atom is -0.396 e. The lowest BCUT2D eigenvalue weighted by molar-refractivity contribution is 0.288. The Morgan fingerprint density at radius 1 is 1.21 bits per heavy atom. The Hall–Kier alpha value is -1.02. The summed E-state index contributed by atoms with van der Waals surface area (Å²) < 4.78 is 0. The quantitative estimate of drug-likeness (QED) is 0.811. The van der Waals surface area contributed by atoms with Crippen LogP contribution in [0.2, 0.25) is 0 Å². The van der Waals surface area contributed by atoms with Gasteiger partial charge in [-0.2, -0.15) is 0 Å². The Labute approximate surface area is 117 Å². The molecule has 0 aliphatic heterocycles. The standard InChI is InChI=1S/C17H27NO/c1-2-14-8-10-16(11-9-14)18-17-7-3-5-15(13-17)6-4-12-19/h3,5,7,13-14,16,18-19H,2,4,6,8-12H2,1H3. The summed E-state index contributed by atoms with van der Waals surface area (Å²) in [7, 11) is 0. The molecule has 2 rings (SSSR count). The van der Waals surface area contributed by atoms with Crippen LogP contribution in [-0.4, -0.2) is 17.8 Å². The molecule has 0 saturated heterocycles. The van der Waals surface area contributed by atoms with Crippen molar-refractivity contribution >= 4 is 5.69 Å². The summed E-state index contributed by atoms with van der Waals surface area (Å²) in [6, 6.07) is 9.31. The summed E-state index contributed by atoms with van der Waals surface area (Å²) in [5, 5.41) is 12.6. The number of hydrogen-bond acceptors (Lipinski definition) is 2. The molecule has 0 aromatic heterocycles. The third-order valence-corrected chi connectivity index (χ3v) is 4.35. The predicted octanol–water partition coefficient (Wildman–Crippen LogP) is 3.99. The number of nitrogens with one attached hydrogen (secondary N) is 1. The molecule has 2 nitrogen and oxygen atoms in total. The lowest BCUT2D eigenvalue weighted by Gasteiger charge is -2.29. The summed E-state index contributed by atoms with van der Waals surface area (Å²) in [4.78, 5) is 0. The number of anilines is 1. The average Bonchev–Trinajstić information content (AvgIpc) is 2.46. The van der Waals surface area contributed by atoms with Crippen molar-refractivity contribution in [1.29, 1.82) is 0 Å². The van der Waals surface area contributed by atoms with Crippen LogP contribution < -0.4 is 5.32 Å². The third-order valence-electron chi connectivity index (χ3n) is 4.35. The third kappa shape index (κ3) is 4.54. The van der Waals surface area contributed by atoms with Crippen LogP contribution in [0.3, 0.4) is 0 Å². The second-order valence-corrected chi connectivity index (χ2v) is 5.80. The van der Waals surface area contributed by atoms with Gasteiger partial charge in [0.1, 0.15) is 0 Å². The van der Waals surface area contributed by atoms with Gasteiger partial charge < -0.3 is 10.4 Å². The first-order valence-corrected chi connectivity index (χ1v) is 7.78. The Balaban J connectivity index is 1.85. The lowest BCUT2D eigenvalue weighted by Crippen LogP contribution is -2.25. The van der Waals surface area contributed by atoms with Gasteiger partial charge in [-0.15, -0.1) is 0 Å². The molecule has 0 atom stereocenters. The molecule has 1 fully saturated rings. The topological polar surface area (TPSA) is 32.3 Å². The van der Waals surface area contributed by atoms with E-state index in [9.17, 15) is 0 Å². The van der Waals surface area contributed by atoms with Gasteiger partial charge in [0.2, 0.25) is 0 Å². The van der Waals surface area contributed by atoms with E-state index in [1.165, 1.54) is 43.4 Å². The Bertz CT molecular complexity index is 369. The first kappa shape index (κ1) is 14.4. The van der Waals surface area contributed by atoms with Crippen molar-refractivity contribution in [1.82, 2.24) is 0 Å². The summed E-state index contributed by atoms with van der Waals surface area (Å²) >= 11 is 0. The maximum Gasteiger partial charge on any atom is 0.0434 e. The number of benzene rings is 1. The van der Waals surface area contributed by atoms with Crippen LogP contribution in [-0.2, 0) is 6.42 Å². The van der Waals surface area contributed by atoms with E-state index in [-0.39, 0.29) is 6.61 Å². The van der Waals surface area contributed by atoms with Crippen LogP contribution in [0.5, 0.6) is 0 Å². The molecule has 106 valence electrons. The van der Waals surface area contributed by atoms with Gasteiger partial charge in [-0.3, -0.25) is 0 Å². The fourth-order valence-electron chi connectivity index (χ4n) is 3.05. The van der Waals surface area contributed by atoms with Crippen LogP contribution in [0.15, 0.2) is 24.3 Å². The fourth-order valence-corrected chi connectivity index (χ4v) is 3.05. The Morgan fingerprint density at radius 3 is 2.68 bits per heavy atom. The number of rotatable bonds is 6. The Kier molecular flexibility index (Phi) is 5.71. The minimum absolute atomic E-state index is 0.276. The van der Waals surface area contributed by atoms with Gasteiger partial charge in [0.25, 0.3) is 0 Å². The van der Waals surface area contributed by atoms with E-state index < -0.39 is 0 Å². The largest absolute Gasteiger partial charge is 0.396 e. The number of aliphatic hydroxyl groups is 1. The monoisotopic (exact) mass is 261 g/mol. The molecule has 2 heteroatoms. The van der Waals surface area contributed by atoms with Crippen molar-refractivity contribution in [2.75, 3.05) is 11.9 Å². The van der Waals surface area contributed by atoms with E-state index in [0.29, 0.717) is 6.04 Å². The Morgan fingerprint density at radius 2 is 2.00 bits per heavy atom. The van der Waals surface area contributed by atoms with E-state index in [1.54, 1.807) is 0 Å². The maximum absolute atomic E-state index is 8.89. The molecule has 0 amide bonds. The molecular formula is C17H27NO. The molecule has 1 aromatic carbocycles. The number of aryl methyl sites for hydroxylation is 1. The van der Waals surface area contributed by atoms with Crippen LogP contribution in [0.4, 0.5) is 5.69 Å². The summed E-state index contributed by atoms with van der Waals surface area (Å²) in [6.45, 7) is 2.59. The molecule has 1 saturated carbocycles. The van der Waals surface area contributed by atoms with Gasteiger partial charge in [-0.25, -0.2) is 0 Å². The number of hydrogen-bond donors (Lipinski definition) is 2. The summed E-state index contributed by atoms with van der Waals surface area (Å²) in [6.07, 6.45) is 8.51. The van der Waals surface area contributed by atoms with Crippen molar-refractivity contribution in [2.24, 2.45) is 5.92 Å². The molecule has 0 bridgehead atoms. The van der Waals surface area contributed by atoms with E-state index in [4.69, 9.17) is 5.11 Å². The van der Waals surface area contributed by atoms with Crippen LogP contribution in [0, 0.1) is 5.92 Å². The van der Waals surface area contributed by atoms with E-state index in [1.807, 2.05) is 0 Å². The van der Waals surface area contributed by atoms with Crippen LogP contribution in [0.25, 0.3) is 0 Å². The zero-order valence-corrected chi connectivity index (χ0v) is 12.1. The lowest BCUT2D eigenvalue weighted by atomic mass is 9.84. The highest BCUT2D eigenvalue weighted by atomic mass is 16.2. The van der Waals surface area contributed by atoms with Gasteiger partial charge in [0, 0.05) is 18.3 Å². The molecule has 0 spiro atoms. The first-order valence-electron chi connectivity index (χ1n) is 7.78. The van der Waals surface area contributed by atoms with E-state index in [0.717, 1.165) is 18.8 Å². The van der Waals surface area contributed by atoms with Gasteiger partial charge in [-0.05, 0) is 62.1 Å². The molecule has 2 N–H and O–H groups in total. The van der Waals surface area contributed by atoms with Crippen LogP contribution in [0.1, 0.15) is 51.0 Å². The summed E-state index contributed by atoms with van der Waals surface area (Å²) in [5.41, 5.74) is 2.57. The van der Waals surface area contributed by atoms with Crippen molar-refractivity contribution in [3.8, 4) is 0 Å². The fraction of sp³-hybridized carbons (Fsp3) is 0.647. The van der Waals surface area contributed by atoms with Gasteiger partial charge in [0.05, 0.1) is 0 Å². The SMILES string of the molecule is CCC1CCC(Nc2cccc(CCCO)c2)CC1. The van der Waals surface area contributed by atoms with Gasteiger partial charge in [-0.1, -0.05) is 25.5 Å². The molecule has 1 aromatic rings. The highest BCUT2D eigenvalue weighted by Crippen LogP contribution is 2.28. The van der Waals surface area contributed by atoms with E-state index in [2.05, 4.69) is 36.5 Å². The minimum atomic E-state index is 0.276. The highest BCUT2D eigenvalue weighted by molar-refractivity contribution is 5.46. The maximum atomic E-state index is 8.89. The van der Waals surface area contributed by atoms with Crippen molar-refractivity contribution < 1.29 is 5.11 Å². The van der Waals surface area contributed by atoms with Crippen LogP contribution >= 0.6 is 0 Å². The van der Waals surface area contributed by atoms with Crippen molar-refractivity contribution in [2.45, 2.75) is 57.9 Å². The molecule has 0 radical (unpaired) electrons. The smallest absolute Gasteiger partial charge is 0.0434 e. The van der Waals surface area contributed by atoms with Crippen molar-refractivity contribution in [3.05, 3.63) is 29.8 Å². The van der Waals surface area contributed by atoms with Crippen molar-refractivity contribution in [3.63, 3.8) is 0 Å². The molecule has 1 aliphatic carbocycles. The highest BCUT2D eigenvalue weighted by Gasteiger charge is 2.19. The molecular weight excluding hydrogens is 234 g/mol. The van der Waals surface area contributed by atoms with E-state index >= 15 is 0 Å². The molecule has 0 unspecified atom stereocenters. The molecule has 1 aliphatic rings.